The van der Waals surface area contributed by atoms with Gasteiger partial charge in [0.2, 0.25) is 0 Å². The molecule has 5 N–H and O–H groups in total. The summed E-state index contributed by atoms with van der Waals surface area (Å²) in [5.74, 6) is 0.489. The van der Waals surface area contributed by atoms with Crippen molar-refractivity contribution in [3.8, 4) is 0 Å². The second kappa shape index (κ2) is 6.29. The zero-order valence-electron chi connectivity index (χ0n) is 10.1. The van der Waals surface area contributed by atoms with Crippen LogP contribution in [0.25, 0.3) is 11.0 Å². The number of hydrogen-bond acceptors (Lipinski definition) is 6. The van der Waals surface area contributed by atoms with Gasteiger partial charge in [0.1, 0.15) is 23.9 Å². The first-order valence-electron chi connectivity index (χ1n) is 5.77. The number of fused-ring (bicyclic) bond motifs is 1. The summed E-state index contributed by atoms with van der Waals surface area (Å²) >= 11 is 3.33. The summed E-state index contributed by atoms with van der Waals surface area (Å²) in [4.78, 5) is 10.8. The lowest BCUT2D eigenvalue weighted by atomic mass is 10.2. The van der Waals surface area contributed by atoms with Gasteiger partial charge in [0, 0.05) is 17.3 Å². The van der Waals surface area contributed by atoms with Crippen molar-refractivity contribution in [3.63, 3.8) is 0 Å². The number of nitrogens with two attached hydrogens (primary N) is 1. The lowest BCUT2D eigenvalue weighted by Gasteiger charge is -2.07. The molecule has 8 heteroatoms. The summed E-state index contributed by atoms with van der Waals surface area (Å²) in [7, 11) is 0. The van der Waals surface area contributed by atoms with E-state index in [0.717, 1.165) is 15.5 Å². The molecule has 1 fully saturated rings. The fraction of sp³-hybridized carbons (Fsp3) is 0.455. The van der Waals surface area contributed by atoms with Crippen LogP contribution in [-0.2, 0) is 4.74 Å². The molecule has 2 unspecified atom stereocenters. The SMILES string of the molecule is Nc1ncnc2[nH]cc(Br)c12.OCC1OCCC1O. The van der Waals surface area contributed by atoms with Crippen molar-refractivity contribution >= 4 is 32.8 Å². The van der Waals surface area contributed by atoms with E-state index in [4.69, 9.17) is 20.7 Å². The minimum absolute atomic E-state index is 0.0683. The van der Waals surface area contributed by atoms with E-state index in [1.54, 1.807) is 6.20 Å². The Hall–Kier alpha value is -1.22. The van der Waals surface area contributed by atoms with Gasteiger partial charge >= 0.3 is 0 Å². The van der Waals surface area contributed by atoms with Gasteiger partial charge in [-0.1, -0.05) is 0 Å². The Morgan fingerprint density at radius 2 is 2.32 bits per heavy atom. The van der Waals surface area contributed by atoms with Crippen LogP contribution in [0.1, 0.15) is 6.42 Å². The standard InChI is InChI=1S/C6H5BrN4.C5H10O3/c7-3-1-9-6-4(3)5(8)10-2-11-6;6-3-5-4(7)1-2-8-5/h1-2H,(H3,8,9,10,11);4-7H,1-3H2. The average Bonchev–Trinajstić information content (AvgIpc) is 2.98. The molecule has 0 radical (unpaired) electrons. The smallest absolute Gasteiger partial charge is 0.144 e. The zero-order chi connectivity index (χ0) is 13.8. The van der Waals surface area contributed by atoms with Gasteiger partial charge in [-0.25, -0.2) is 9.97 Å². The van der Waals surface area contributed by atoms with Gasteiger partial charge in [-0.3, -0.25) is 0 Å². The van der Waals surface area contributed by atoms with Crippen molar-refractivity contribution in [2.75, 3.05) is 18.9 Å². The molecule has 3 rings (SSSR count). The molecule has 2 aromatic heterocycles. The molecule has 2 atom stereocenters. The third-order valence-electron chi connectivity index (χ3n) is 2.81. The highest BCUT2D eigenvalue weighted by Gasteiger charge is 2.24. The molecule has 104 valence electrons. The number of anilines is 1. The molecule has 0 aliphatic carbocycles. The van der Waals surface area contributed by atoms with Gasteiger partial charge in [0.05, 0.1) is 18.1 Å². The minimum atomic E-state index is -0.444. The van der Waals surface area contributed by atoms with Crippen LogP contribution in [-0.4, -0.2) is 50.6 Å². The topological polar surface area (TPSA) is 117 Å². The highest BCUT2D eigenvalue weighted by atomic mass is 79.9. The molecular formula is C11H15BrN4O3. The third kappa shape index (κ3) is 3.21. The number of nitrogen functional groups attached to an aromatic ring is 1. The van der Waals surface area contributed by atoms with E-state index in [9.17, 15) is 0 Å². The van der Waals surface area contributed by atoms with Gasteiger partial charge < -0.3 is 25.7 Å². The molecule has 1 aliphatic rings. The van der Waals surface area contributed by atoms with E-state index in [-0.39, 0.29) is 12.7 Å². The normalized spacial score (nSPS) is 22.3. The number of aromatic amines is 1. The number of H-pyrrole nitrogens is 1. The van der Waals surface area contributed by atoms with Crippen LogP contribution in [0.15, 0.2) is 17.0 Å². The highest BCUT2D eigenvalue weighted by molar-refractivity contribution is 9.10. The number of aliphatic hydroxyl groups excluding tert-OH is 2. The fourth-order valence-corrected chi connectivity index (χ4v) is 2.26. The van der Waals surface area contributed by atoms with Gasteiger partial charge in [-0.2, -0.15) is 0 Å². The minimum Gasteiger partial charge on any atom is -0.394 e. The van der Waals surface area contributed by atoms with Crippen molar-refractivity contribution in [2.24, 2.45) is 0 Å². The first kappa shape index (κ1) is 14.2. The van der Waals surface area contributed by atoms with Gasteiger partial charge in [0.25, 0.3) is 0 Å². The largest absolute Gasteiger partial charge is 0.394 e. The Morgan fingerprint density at radius 1 is 1.53 bits per heavy atom. The summed E-state index contributed by atoms with van der Waals surface area (Å²) < 4.78 is 5.81. The second-order valence-electron chi connectivity index (χ2n) is 4.07. The Morgan fingerprint density at radius 3 is 2.84 bits per heavy atom. The Bertz CT molecular complexity index is 548. The van der Waals surface area contributed by atoms with E-state index in [0.29, 0.717) is 18.8 Å². The van der Waals surface area contributed by atoms with Gasteiger partial charge in [-0.15, -0.1) is 0 Å². The van der Waals surface area contributed by atoms with Crippen molar-refractivity contribution in [3.05, 3.63) is 17.0 Å². The zero-order valence-corrected chi connectivity index (χ0v) is 11.7. The van der Waals surface area contributed by atoms with Gasteiger partial charge in [0.15, 0.2) is 0 Å². The van der Waals surface area contributed by atoms with E-state index in [1.807, 2.05) is 0 Å². The summed E-state index contributed by atoms with van der Waals surface area (Å²) in [5, 5.41) is 18.2. The Kier molecular flexibility index (Phi) is 4.70. The summed E-state index contributed by atoms with van der Waals surface area (Å²) in [6, 6.07) is 0. The van der Waals surface area contributed by atoms with E-state index < -0.39 is 6.10 Å². The maximum atomic E-state index is 8.90. The van der Waals surface area contributed by atoms with Crippen LogP contribution < -0.4 is 5.73 Å². The molecule has 19 heavy (non-hydrogen) atoms. The van der Waals surface area contributed by atoms with Crippen molar-refractivity contribution in [1.29, 1.82) is 0 Å². The molecule has 0 aromatic carbocycles. The summed E-state index contributed by atoms with van der Waals surface area (Å²) in [6.07, 6.45) is 3.11. The molecule has 0 bridgehead atoms. The predicted molar refractivity (Wildman–Crippen MR) is 73.5 cm³/mol. The van der Waals surface area contributed by atoms with Crippen molar-refractivity contribution in [2.45, 2.75) is 18.6 Å². The van der Waals surface area contributed by atoms with Crippen LogP contribution >= 0.6 is 15.9 Å². The summed E-state index contributed by atoms with van der Waals surface area (Å²) in [6.45, 7) is 0.508. The fourth-order valence-electron chi connectivity index (χ4n) is 1.76. The lowest BCUT2D eigenvalue weighted by Crippen LogP contribution is -2.24. The molecule has 7 nitrogen and oxygen atoms in total. The lowest BCUT2D eigenvalue weighted by molar-refractivity contribution is 0.00406. The number of aliphatic hydroxyl groups is 2. The first-order chi connectivity index (χ1) is 9.13. The number of halogens is 1. The Balaban J connectivity index is 0.000000148. The van der Waals surface area contributed by atoms with E-state index in [2.05, 4.69) is 30.9 Å². The number of aromatic nitrogens is 3. The average molecular weight is 331 g/mol. The summed E-state index contributed by atoms with van der Waals surface area (Å²) in [5.41, 5.74) is 6.35. The van der Waals surface area contributed by atoms with Crippen molar-refractivity contribution < 1.29 is 14.9 Å². The van der Waals surface area contributed by atoms with Crippen LogP contribution in [0.5, 0.6) is 0 Å². The quantitative estimate of drug-likeness (QED) is 0.602. The maximum absolute atomic E-state index is 8.90. The Labute approximate surface area is 117 Å². The molecule has 0 spiro atoms. The van der Waals surface area contributed by atoms with Crippen molar-refractivity contribution in [1.82, 2.24) is 15.0 Å². The number of ether oxygens (including phenoxy) is 1. The van der Waals surface area contributed by atoms with E-state index >= 15 is 0 Å². The van der Waals surface area contributed by atoms with Crippen LogP contribution in [0.2, 0.25) is 0 Å². The van der Waals surface area contributed by atoms with Gasteiger partial charge in [-0.05, 0) is 22.4 Å². The third-order valence-corrected chi connectivity index (χ3v) is 3.43. The molecule has 1 aliphatic heterocycles. The van der Waals surface area contributed by atoms with Crippen LogP contribution in [0.3, 0.4) is 0 Å². The second-order valence-corrected chi connectivity index (χ2v) is 4.92. The van der Waals surface area contributed by atoms with Crippen LogP contribution in [0.4, 0.5) is 5.82 Å². The molecule has 3 heterocycles. The number of nitrogens with one attached hydrogen (secondary N) is 1. The van der Waals surface area contributed by atoms with Crippen LogP contribution in [0, 0.1) is 0 Å². The molecule has 1 saturated heterocycles. The number of nitrogens with zero attached hydrogens (tertiary/aromatic N) is 2. The number of hydrogen-bond donors (Lipinski definition) is 4. The molecular weight excluding hydrogens is 316 g/mol. The predicted octanol–water partition coefficient (Wildman–Crippen LogP) is 0.431. The molecule has 0 amide bonds. The van der Waals surface area contributed by atoms with E-state index in [1.165, 1.54) is 6.33 Å². The molecule has 0 saturated carbocycles. The molecule has 2 aromatic rings. The maximum Gasteiger partial charge on any atom is 0.144 e. The first-order valence-corrected chi connectivity index (χ1v) is 6.56. The highest BCUT2D eigenvalue weighted by Crippen LogP contribution is 2.24. The number of rotatable bonds is 1. The monoisotopic (exact) mass is 330 g/mol.